The summed E-state index contributed by atoms with van der Waals surface area (Å²) < 4.78 is 5.30. The van der Waals surface area contributed by atoms with Crippen molar-refractivity contribution in [2.75, 3.05) is 6.54 Å². The van der Waals surface area contributed by atoms with E-state index in [1.54, 1.807) is 4.90 Å². The molecular weight excluding hydrogens is 194 g/mol. The molecule has 1 saturated heterocycles. The van der Waals surface area contributed by atoms with E-state index < -0.39 is 5.60 Å². The fraction of sp³-hybridized carbons (Fsp3) is 0.909. The molecule has 1 aliphatic carbocycles. The smallest absolute Gasteiger partial charge is 0.410 e. The molecule has 4 nitrogen and oxygen atoms in total. The normalized spacial score (nSPS) is 34.7. The van der Waals surface area contributed by atoms with E-state index in [1.165, 1.54) is 0 Å². The Bertz CT molecular complexity index is 271. The zero-order valence-electron chi connectivity index (χ0n) is 9.56. The number of fused-ring (bicyclic) bond motifs is 1. The lowest BCUT2D eigenvalue weighted by Crippen LogP contribution is -2.45. The fourth-order valence-corrected chi connectivity index (χ4v) is 2.18. The van der Waals surface area contributed by atoms with Gasteiger partial charge in [-0.05, 0) is 39.5 Å². The van der Waals surface area contributed by atoms with Crippen LogP contribution in [0, 0.1) is 5.92 Å². The number of hydrogen-bond acceptors (Lipinski definition) is 3. The summed E-state index contributed by atoms with van der Waals surface area (Å²) in [7, 11) is 0. The van der Waals surface area contributed by atoms with Gasteiger partial charge in [0.25, 0.3) is 0 Å². The molecule has 0 aromatic carbocycles. The number of carbonyl (C=O) groups is 1. The molecule has 2 fully saturated rings. The van der Waals surface area contributed by atoms with Crippen LogP contribution in [-0.4, -0.2) is 40.4 Å². The number of ether oxygens (including phenoxy) is 1. The number of aliphatic hydroxyl groups is 1. The molecule has 1 heterocycles. The number of piperidine rings is 1. The molecule has 0 aromatic rings. The van der Waals surface area contributed by atoms with Crippen LogP contribution in [0.3, 0.4) is 0 Å². The van der Waals surface area contributed by atoms with Gasteiger partial charge in [-0.1, -0.05) is 0 Å². The van der Waals surface area contributed by atoms with Gasteiger partial charge in [0, 0.05) is 6.04 Å². The van der Waals surface area contributed by atoms with E-state index >= 15 is 0 Å². The summed E-state index contributed by atoms with van der Waals surface area (Å²) in [6.07, 6.45) is 1.20. The molecular formula is C11H19NO3. The number of rotatable bonds is 0. The zero-order valence-corrected chi connectivity index (χ0v) is 9.56. The van der Waals surface area contributed by atoms with Crippen molar-refractivity contribution in [3.05, 3.63) is 0 Å². The lowest BCUT2D eigenvalue weighted by atomic mass is 10.1. The molecule has 3 atom stereocenters. The van der Waals surface area contributed by atoms with Crippen molar-refractivity contribution < 1.29 is 14.6 Å². The molecule has 3 unspecified atom stereocenters. The Morgan fingerprint density at radius 3 is 2.67 bits per heavy atom. The second-order valence-electron chi connectivity index (χ2n) is 5.59. The van der Waals surface area contributed by atoms with E-state index in [-0.39, 0.29) is 12.2 Å². The van der Waals surface area contributed by atoms with E-state index in [2.05, 4.69) is 0 Å². The number of carbonyl (C=O) groups excluding carboxylic acids is 1. The third-order valence-electron chi connectivity index (χ3n) is 2.90. The Kier molecular flexibility index (Phi) is 2.41. The van der Waals surface area contributed by atoms with Gasteiger partial charge in [-0.3, -0.25) is 0 Å². The molecule has 1 amide bonds. The summed E-state index contributed by atoms with van der Waals surface area (Å²) in [6, 6.07) is 0.322. The van der Waals surface area contributed by atoms with E-state index in [0.29, 0.717) is 18.5 Å². The average molecular weight is 213 g/mol. The Morgan fingerprint density at radius 1 is 1.40 bits per heavy atom. The minimum atomic E-state index is -0.454. The molecule has 86 valence electrons. The van der Waals surface area contributed by atoms with Crippen LogP contribution < -0.4 is 0 Å². The van der Waals surface area contributed by atoms with Crippen LogP contribution in [0.15, 0.2) is 0 Å². The maximum atomic E-state index is 11.8. The number of hydrogen-bond donors (Lipinski definition) is 1. The van der Waals surface area contributed by atoms with E-state index in [4.69, 9.17) is 4.74 Å². The van der Waals surface area contributed by atoms with Gasteiger partial charge in [0.15, 0.2) is 0 Å². The van der Waals surface area contributed by atoms with E-state index in [9.17, 15) is 9.90 Å². The Labute approximate surface area is 90.2 Å². The molecule has 4 heteroatoms. The van der Waals surface area contributed by atoms with Gasteiger partial charge in [-0.2, -0.15) is 0 Å². The summed E-state index contributed by atoms with van der Waals surface area (Å²) in [5.74, 6) is 0.501. The van der Waals surface area contributed by atoms with Gasteiger partial charge in [-0.15, -0.1) is 0 Å². The first-order valence-corrected chi connectivity index (χ1v) is 5.54. The monoisotopic (exact) mass is 213 g/mol. The molecule has 0 aromatic heterocycles. The fourth-order valence-electron chi connectivity index (χ4n) is 2.18. The van der Waals surface area contributed by atoms with Crippen molar-refractivity contribution >= 4 is 6.09 Å². The van der Waals surface area contributed by atoms with Crippen molar-refractivity contribution in [3.63, 3.8) is 0 Å². The van der Waals surface area contributed by atoms with Gasteiger partial charge in [0.1, 0.15) is 5.60 Å². The summed E-state index contributed by atoms with van der Waals surface area (Å²) in [5.41, 5.74) is -0.454. The summed E-state index contributed by atoms with van der Waals surface area (Å²) >= 11 is 0. The number of β-amino-alcohol motifs (C(OH)–C–C–N with tert-alkyl or cyclic N) is 1. The van der Waals surface area contributed by atoms with E-state index in [0.717, 1.165) is 12.8 Å². The Hall–Kier alpha value is -0.770. The van der Waals surface area contributed by atoms with Crippen LogP contribution in [0.25, 0.3) is 0 Å². The first-order chi connectivity index (χ1) is 6.87. The maximum absolute atomic E-state index is 11.8. The molecule has 2 aliphatic rings. The first-order valence-electron chi connectivity index (χ1n) is 5.54. The third-order valence-corrected chi connectivity index (χ3v) is 2.90. The lowest BCUT2D eigenvalue weighted by molar-refractivity contribution is 0.00156. The predicted molar refractivity (Wildman–Crippen MR) is 55.5 cm³/mol. The SMILES string of the molecule is CC(C)(C)OC(=O)N1CC(O)CC2CC21. The standard InChI is InChI=1S/C11H19NO3/c1-11(2,3)15-10(14)12-6-8(13)4-7-5-9(7)12/h7-9,13H,4-6H2,1-3H3. The minimum Gasteiger partial charge on any atom is -0.444 e. The highest BCUT2D eigenvalue weighted by Crippen LogP contribution is 2.43. The number of nitrogens with zero attached hydrogens (tertiary/aromatic N) is 1. The van der Waals surface area contributed by atoms with Crippen LogP contribution in [0.4, 0.5) is 4.79 Å². The van der Waals surface area contributed by atoms with E-state index in [1.807, 2.05) is 20.8 Å². The van der Waals surface area contributed by atoms with Gasteiger partial charge in [0.05, 0.1) is 12.6 Å². The van der Waals surface area contributed by atoms with Crippen molar-refractivity contribution in [2.24, 2.45) is 5.92 Å². The predicted octanol–water partition coefficient (Wildman–Crippen LogP) is 1.38. The molecule has 0 bridgehead atoms. The molecule has 1 saturated carbocycles. The molecule has 15 heavy (non-hydrogen) atoms. The summed E-state index contributed by atoms with van der Waals surface area (Å²) in [6.45, 7) is 6.00. The number of likely N-dealkylation sites (tertiary alicyclic amines) is 1. The topological polar surface area (TPSA) is 49.8 Å². The van der Waals surface area contributed by atoms with Crippen LogP contribution in [0.1, 0.15) is 33.6 Å². The highest BCUT2D eigenvalue weighted by molar-refractivity contribution is 5.69. The van der Waals surface area contributed by atoms with Crippen molar-refractivity contribution in [3.8, 4) is 0 Å². The summed E-state index contributed by atoms with van der Waals surface area (Å²) in [4.78, 5) is 13.5. The number of aliphatic hydroxyl groups excluding tert-OH is 1. The molecule has 1 aliphatic heterocycles. The Morgan fingerprint density at radius 2 is 2.07 bits per heavy atom. The first kappa shape index (κ1) is 10.7. The molecule has 1 N–H and O–H groups in total. The third kappa shape index (κ3) is 2.43. The Balaban J connectivity index is 1.95. The second kappa shape index (κ2) is 3.37. The molecule has 0 spiro atoms. The van der Waals surface area contributed by atoms with Gasteiger partial charge < -0.3 is 14.7 Å². The van der Waals surface area contributed by atoms with Gasteiger partial charge >= 0.3 is 6.09 Å². The van der Waals surface area contributed by atoms with Crippen LogP contribution >= 0.6 is 0 Å². The highest BCUT2D eigenvalue weighted by Gasteiger charge is 2.49. The molecule has 2 rings (SSSR count). The maximum Gasteiger partial charge on any atom is 0.410 e. The van der Waals surface area contributed by atoms with Crippen molar-refractivity contribution in [1.29, 1.82) is 0 Å². The number of amides is 1. The molecule has 0 radical (unpaired) electrons. The zero-order chi connectivity index (χ0) is 11.2. The quantitative estimate of drug-likeness (QED) is 0.661. The van der Waals surface area contributed by atoms with Gasteiger partial charge in [-0.25, -0.2) is 4.79 Å². The minimum absolute atomic E-state index is 0.284. The average Bonchev–Trinajstić information content (AvgIpc) is 2.77. The second-order valence-corrected chi connectivity index (χ2v) is 5.59. The van der Waals surface area contributed by atoms with Crippen LogP contribution in [-0.2, 0) is 4.74 Å². The summed E-state index contributed by atoms with van der Waals surface area (Å²) in [5, 5.41) is 9.57. The van der Waals surface area contributed by atoms with Crippen molar-refractivity contribution in [2.45, 2.75) is 51.4 Å². The van der Waals surface area contributed by atoms with Crippen LogP contribution in [0.5, 0.6) is 0 Å². The lowest BCUT2D eigenvalue weighted by Gasteiger charge is -2.32. The van der Waals surface area contributed by atoms with Crippen LogP contribution in [0.2, 0.25) is 0 Å². The largest absolute Gasteiger partial charge is 0.444 e. The van der Waals surface area contributed by atoms with Gasteiger partial charge in [0.2, 0.25) is 0 Å². The van der Waals surface area contributed by atoms with Crippen molar-refractivity contribution in [1.82, 2.24) is 4.90 Å². The highest BCUT2D eigenvalue weighted by atomic mass is 16.6.